The molecule has 1 unspecified atom stereocenters. The second-order valence-corrected chi connectivity index (χ2v) is 5.19. The summed E-state index contributed by atoms with van der Waals surface area (Å²) in [6.45, 7) is 5.08. The molecule has 0 aliphatic carbocycles. The molecule has 2 aliphatic rings. The van der Waals surface area contributed by atoms with Gasteiger partial charge in [0.1, 0.15) is 0 Å². The third-order valence-electron chi connectivity index (χ3n) is 2.87. The van der Waals surface area contributed by atoms with E-state index in [2.05, 4.69) is 5.32 Å². The van der Waals surface area contributed by atoms with Gasteiger partial charge in [-0.2, -0.15) is 11.8 Å². The van der Waals surface area contributed by atoms with Crippen LogP contribution in [0.15, 0.2) is 0 Å². The molecule has 0 radical (unpaired) electrons. The molecule has 0 saturated carbocycles. The third kappa shape index (κ3) is 2.65. The lowest BCUT2D eigenvalue weighted by Gasteiger charge is -2.36. The van der Waals surface area contributed by atoms with Crippen LogP contribution in [0.3, 0.4) is 0 Å². The molecule has 0 bridgehead atoms. The van der Waals surface area contributed by atoms with E-state index in [0.717, 1.165) is 24.6 Å². The van der Waals surface area contributed by atoms with Crippen LogP contribution < -0.4 is 5.32 Å². The minimum absolute atomic E-state index is 0.0179. The first-order valence-electron chi connectivity index (χ1n) is 5.48. The van der Waals surface area contributed by atoms with Gasteiger partial charge in [-0.25, -0.2) is 0 Å². The van der Waals surface area contributed by atoms with Crippen molar-refractivity contribution < 1.29 is 9.53 Å². The van der Waals surface area contributed by atoms with Gasteiger partial charge in [-0.15, -0.1) is 0 Å². The van der Waals surface area contributed by atoms with Gasteiger partial charge in [-0.1, -0.05) is 0 Å². The average Bonchev–Trinajstić information content (AvgIpc) is 2.30. The molecule has 1 amide bonds. The lowest BCUT2D eigenvalue weighted by Crippen LogP contribution is -2.56. The quantitative estimate of drug-likeness (QED) is 0.685. The fourth-order valence-corrected chi connectivity index (χ4v) is 2.90. The SMILES string of the molecule is C[C@@H]1COCCN1C(=O)C1CSCCN1. The number of carbonyl (C=O) groups is 1. The molecule has 5 heteroatoms. The molecule has 2 saturated heterocycles. The van der Waals surface area contributed by atoms with Crippen LogP contribution in [0.25, 0.3) is 0 Å². The van der Waals surface area contributed by atoms with Crippen LogP contribution in [0, 0.1) is 0 Å². The lowest BCUT2D eigenvalue weighted by atomic mass is 10.2. The maximum absolute atomic E-state index is 12.2. The summed E-state index contributed by atoms with van der Waals surface area (Å²) in [6, 6.07) is 0.240. The number of nitrogens with zero attached hydrogens (tertiary/aromatic N) is 1. The Labute approximate surface area is 94.7 Å². The smallest absolute Gasteiger partial charge is 0.240 e. The minimum atomic E-state index is 0.0179. The van der Waals surface area contributed by atoms with Gasteiger partial charge >= 0.3 is 0 Å². The monoisotopic (exact) mass is 230 g/mol. The van der Waals surface area contributed by atoms with E-state index in [4.69, 9.17) is 4.74 Å². The maximum atomic E-state index is 12.2. The van der Waals surface area contributed by atoms with Crippen LogP contribution in [0.2, 0.25) is 0 Å². The van der Waals surface area contributed by atoms with E-state index in [1.165, 1.54) is 0 Å². The summed E-state index contributed by atoms with van der Waals surface area (Å²) in [6.07, 6.45) is 0. The van der Waals surface area contributed by atoms with Crippen molar-refractivity contribution in [1.29, 1.82) is 0 Å². The van der Waals surface area contributed by atoms with Crippen molar-refractivity contribution in [3.63, 3.8) is 0 Å². The van der Waals surface area contributed by atoms with Crippen LogP contribution >= 0.6 is 11.8 Å². The Balaban J connectivity index is 1.92. The molecule has 86 valence electrons. The second-order valence-electron chi connectivity index (χ2n) is 4.04. The van der Waals surface area contributed by atoms with Crippen LogP contribution in [0.4, 0.5) is 0 Å². The summed E-state index contributed by atoms with van der Waals surface area (Å²) < 4.78 is 5.33. The third-order valence-corrected chi connectivity index (χ3v) is 3.93. The van der Waals surface area contributed by atoms with Gasteiger partial charge in [-0.3, -0.25) is 4.79 Å². The number of hydrogen-bond donors (Lipinski definition) is 1. The summed E-state index contributed by atoms with van der Waals surface area (Å²) in [4.78, 5) is 14.1. The predicted molar refractivity (Wildman–Crippen MR) is 61.1 cm³/mol. The molecule has 2 rings (SSSR count). The second kappa shape index (κ2) is 5.18. The number of thioether (sulfide) groups is 1. The average molecular weight is 230 g/mol. The van der Waals surface area contributed by atoms with E-state index in [-0.39, 0.29) is 18.0 Å². The van der Waals surface area contributed by atoms with Crippen LogP contribution in [0.5, 0.6) is 0 Å². The number of rotatable bonds is 1. The molecule has 1 N–H and O–H groups in total. The molecule has 0 spiro atoms. The van der Waals surface area contributed by atoms with Crippen molar-refractivity contribution in [3.05, 3.63) is 0 Å². The van der Waals surface area contributed by atoms with Gasteiger partial charge in [0.2, 0.25) is 5.91 Å². The standard InChI is InChI=1S/C10H18N2O2S/c1-8-6-14-4-3-12(8)10(13)9-7-15-5-2-11-9/h8-9,11H,2-7H2,1H3/t8-,9?/m1/s1. The van der Waals surface area contributed by atoms with Gasteiger partial charge < -0.3 is 15.0 Å². The van der Waals surface area contributed by atoms with E-state index in [1.807, 2.05) is 23.6 Å². The molecule has 0 aromatic heterocycles. The van der Waals surface area contributed by atoms with Gasteiger partial charge in [-0.05, 0) is 6.92 Å². The zero-order chi connectivity index (χ0) is 10.7. The highest BCUT2D eigenvalue weighted by Crippen LogP contribution is 2.13. The number of hydrogen-bond acceptors (Lipinski definition) is 4. The molecule has 0 aromatic carbocycles. The van der Waals surface area contributed by atoms with Crippen LogP contribution in [-0.2, 0) is 9.53 Å². The number of carbonyl (C=O) groups excluding carboxylic acids is 1. The number of ether oxygens (including phenoxy) is 1. The van der Waals surface area contributed by atoms with Crippen molar-refractivity contribution in [2.75, 3.05) is 37.8 Å². The zero-order valence-corrected chi connectivity index (χ0v) is 9.89. The summed E-state index contributed by atoms with van der Waals surface area (Å²) >= 11 is 1.86. The van der Waals surface area contributed by atoms with Gasteiger partial charge in [0.05, 0.1) is 25.3 Å². The minimum Gasteiger partial charge on any atom is -0.377 e. The first-order chi connectivity index (χ1) is 7.29. The van der Waals surface area contributed by atoms with E-state index >= 15 is 0 Å². The van der Waals surface area contributed by atoms with Crippen molar-refractivity contribution in [2.45, 2.75) is 19.0 Å². The Kier molecular flexibility index (Phi) is 3.88. The molecular formula is C10H18N2O2S. The molecule has 4 nitrogen and oxygen atoms in total. The Bertz CT molecular complexity index is 231. The van der Waals surface area contributed by atoms with E-state index in [1.54, 1.807) is 0 Å². The van der Waals surface area contributed by atoms with Crippen LogP contribution in [-0.4, -0.2) is 60.7 Å². The number of amides is 1. The fraction of sp³-hybridized carbons (Fsp3) is 0.900. The van der Waals surface area contributed by atoms with Crippen LogP contribution in [0.1, 0.15) is 6.92 Å². The first kappa shape index (κ1) is 11.2. The highest BCUT2D eigenvalue weighted by molar-refractivity contribution is 7.99. The predicted octanol–water partition coefficient (Wildman–Crippen LogP) is -0.0613. The summed E-state index contributed by atoms with van der Waals surface area (Å²) in [5.74, 6) is 2.27. The van der Waals surface area contributed by atoms with E-state index in [9.17, 15) is 4.79 Å². The van der Waals surface area contributed by atoms with Crippen molar-refractivity contribution in [2.24, 2.45) is 0 Å². The van der Waals surface area contributed by atoms with E-state index in [0.29, 0.717) is 13.2 Å². The molecule has 2 aliphatic heterocycles. The zero-order valence-electron chi connectivity index (χ0n) is 9.07. The highest BCUT2D eigenvalue weighted by atomic mass is 32.2. The molecular weight excluding hydrogens is 212 g/mol. The highest BCUT2D eigenvalue weighted by Gasteiger charge is 2.30. The number of nitrogens with one attached hydrogen (secondary N) is 1. The number of morpholine rings is 1. The topological polar surface area (TPSA) is 41.6 Å². The van der Waals surface area contributed by atoms with Crippen molar-refractivity contribution in [1.82, 2.24) is 10.2 Å². The molecule has 0 aromatic rings. The summed E-state index contributed by atoms with van der Waals surface area (Å²) in [5.41, 5.74) is 0. The van der Waals surface area contributed by atoms with Crippen molar-refractivity contribution in [3.8, 4) is 0 Å². The van der Waals surface area contributed by atoms with Gasteiger partial charge in [0.25, 0.3) is 0 Å². The molecule has 2 heterocycles. The Morgan fingerprint density at radius 3 is 3.13 bits per heavy atom. The Hall–Kier alpha value is -0.260. The Morgan fingerprint density at radius 1 is 1.60 bits per heavy atom. The van der Waals surface area contributed by atoms with Gasteiger partial charge in [0, 0.05) is 24.6 Å². The largest absolute Gasteiger partial charge is 0.377 e. The van der Waals surface area contributed by atoms with Gasteiger partial charge in [0.15, 0.2) is 0 Å². The summed E-state index contributed by atoms with van der Waals surface area (Å²) in [5, 5.41) is 3.28. The Morgan fingerprint density at radius 2 is 2.47 bits per heavy atom. The van der Waals surface area contributed by atoms with Crippen molar-refractivity contribution >= 4 is 17.7 Å². The molecule has 15 heavy (non-hydrogen) atoms. The maximum Gasteiger partial charge on any atom is 0.240 e. The lowest BCUT2D eigenvalue weighted by molar-refractivity contribution is -0.140. The molecule has 2 fully saturated rings. The van der Waals surface area contributed by atoms with E-state index < -0.39 is 0 Å². The normalized spacial score (nSPS) is 32.7. The summed E-state index contributed by atoms with van der Waals surface area (Å²) in [7, 11) is 0. The fourth-order valence-electron chi connectivity index (χ4n) is 1.98. The first-order valence-corrected chi connectivity index (χ1v) is 6.64. The molecule has 2 atom stereocenters.